The van der Waals surface area contributed by atoms with E-state index in [1.165, 1.54) is 0 Å². The van der Waals surface area contributed by atoms with Gasteiger partial charge in [0.25, 0.3) is 0 Å². The van der Waals surface area contributed by atoms with Crippen molar-refractivity contribution in [3.8, 4) is 5.75 Å². The van der Waals surface area contributed by atoms with Gasteiger partial charge in [0, 0.05) is 5.02 Å². The van der Waals surface area contributed by atoms with Crippen LogP contribution in [-0.4, -0.2) is 7.11 Å². The summed E-state index contributed by atoms with van der Waals surface area (Å²) in [5.74, 6) is 6.46. The molecule has 94 valence electrons. The maximum Gasteiger partial charge on any atom is 0.118 e. The Kier molecular flexibility index (Phi) is 4.20. The van der Waals surface area contributed by atoms with Crippen LogP contribution in [0.3, 0.4) is 0 Å². The van der Waals surface area contributed by atoms with E-state index in [0.717, 1.165) is 16.9 Å². The zero-order valence-electron chi connectivity index (χ0n) is 10.1. The number of hydrogen-bond acceptors (Lipinski definition) is 3. The van der Waals surface area contributed by atoms with Crippen LogP contribution in [0.2, 0.25) is 5.02 Å². The van der Waals surface area contributed by atoms with Gasteiger partial charge in [-0.15, -0.1) is 0 Å². The first-order valence-corrected chi connectivity index (χ1v) is 5.98. The number of rotatable bonds is 4. The summed E-state index contributed by atoms with van der Waals surface area (Å²) in [5, 5.41) is 0.712. The monoisotopic (exact) mass is 262 g/mol. The minimum absolute atomic E-state index is 0.0619. The molecular weight excluding hydrogens is 248 g/mol. The highest BCUT2D eigenvalue weighted by atomic mass is 35.5. The molecule has 0 aliphatic carbocycles. The molecule has 0 aromatic heterocycles. The normalized spacial score (nSPS) is 12.2. The highest BCUT2D eigenvalue weighted by Gasteiger charge is 2.12. The van der Waals surface area contributed by atoms with Crippen LogP contribution in [-0.2, 0) is 0 Å². The quantitative estimate of drug-likeness (QED) is 0.658. The summed E-state index contributed by atoms with van der Waals surface area (Å²) in [7, 11) is 1.65. The van der Waals surface area contributed by atoms with Crippen molar-refractivity contribution in [2.75, 3.05) is 7.11 Å². The van der Waals surface area contributed by atoms with Crippen LogP contribution in [0.1, 0.15) is 17.2 Å². The lowest BCUT2D eigenvalue weighted by Crippen LogP contribution is -2.28. The van der Waals surface area contributed by atoms with Crippen molar-refractivity contribution < 1.29 is 4.74 Å². The Morgan fingerprint density at radius 2 is 1.50 bits per heavy atom. The molecule has 0 aliphatic rings. The van der Waals surface area contributed by atoms with Gasteiger partial charge >= 0.3 is 0 Å². The standard InChI is InChI=1S/C14H15ClN2O/c1-18-13-8-4-11(5-9-13)14(17-16)10-2-6-12(15)7-3-10/h2-9,14,17H,16H2,1H3. The predicted molar refractivity (Wildman–Crippen MR) is 73.6 cm³/mol. The first kappa shape index (κ1) is 12.9. The summed E-state index contributed by atoms with van der Waals surface area (Å²) in [5.41, 5.74) is 4.94. The number of hydrazine groups is 1. The van der Waals surface area contributed by atoms with Crippen molar-refractivity contribution in [2.45, 2.75) is 6.04 Å². The molecule has 2 rings (SSSR count). The molecule has 2 aromatic carbocycles. The van der Waals surface area contributed by atoms with Gasteiger partial charge in [-0.3, -0.25) is 5.84 Å². The Labute approximate surface area is 111 Å². The minimum Gasteiger partial charge on any atom is -0.497 e. The van der Waals surface area contributed by atoms with Crippen molar-refractivity contribution in [3.05, 3.63) is 64.7 Å². The fourth-order valence-electron chi connectivity index (χ4n) is 1.84. The molecule has 0 saturated heterocycles. The molecule has 1 unspecified atom stereocenters. The molecular formula is C14H15ClN2O. The van der Waals surface area contributed by atoms with Gasteiger partial charge in [0.05, 0.1) is 13.2 Å². The third-order valence-corrected chi connectivity index (χ3v) is 3.07. The predicted octanol–water partition coefficient (Wildman–Crippen LogP) is 2.90. The number of nitrogens with two attached hydrogens (primary N) is 1. The van der Waals surface area contributed by atoms with Crippen LogP contribution in [0.5, 0.6) is 5.75 Å². The van der Waals surface area contributed by atoms with Crippen molar-refractivity contribution >= 4 is 11.6 Å². The van der Waals surface area contributed by atoms with Gasteiger partial charge in [0.1, 0.15) is 5.75 Å². The van der Waals surface area contributed by atoms with E-state index >= 15 is 0 Å². The summed E-state index contributed by atoms with van der Waals surface area (Å²) in [4.78, 5) is 0. The van der Waals surface area contributed by atoms with E-state index in [1.54, 1.807) is 7.11 Å². The smallest absolute Gasteiger partial charge is 0.118 e. The maximum atomic E-state index is 5.88. The molecule has 18 heavy (non-hydrogen) atoms. The topological polar surface area (TPSA) is 47.3 Å². The number of nitrogens with one attached hydrogen (secondary N) is 1. The molecule has 0 heterocycles. The van der Waals surface area contributed by atoms with E-state index in [4.69, 9.17) is 22.2 Å². The summed E-state index contributed by atoms with van der Waals surface area (Å²) in [6, 6.07) is 15.3. The van der Waals surface area contributed by atoms with Gasteiger partial charge in [-0.25, -0.2) is 5.43 Å². The Hall–Kier alpha value is -1.55. The van der Waals surface area contributed by atoms with Gasteiger partial charge in [-0.2, -0.15) is 0 Å². The third kappa shape index (κ3) is 2.82. The second-order valence-corrected chi connectivity index (χ2v) is 4.36. The lowest BCUT2D eigenvalue weighted by molar-refractivity contribution is 0.414. The summed E-state index contributed by atoms with van der Waals surface area (Å²) in [6.45, 7) is 0. The molecule has 0 fully saturated rings. The molecule has 0 bridgehead atoms. The van der Waals surface area contributed by atoms with Crippen molar-refractivity contribution in [3.63, 3.8) is 0 Å². The minimum atomic E-state index is -0.0619. The number of halogens is 1. The molecule has 3 N–H and O–H groups in total. The van der Waals surface area contributed by atoms with Gasteiger partial charge in [-0.1, -0.05) is 35.9 Å². The van der Waals surface area contributed by atoms with E-state index < -0.39 is 0 Å². The fourth-order valence-corrected chi connectivity index (χ4v) is 1.96. The molecule has 0 radical (unpaired) electrons. The molecule has 0 spiro atoms. The number of benzene rings is 2. The van der Waals surface area contributed by atoms with E-state index in [1.807, 2.05) is 48.5 Å². The SMILES string of the molecule is COc1ccc(C(NN)c2ccc(Cl)cc2)cc1. The number of hydrogen-bond donors (Lipinski definition) is 2. The Bertz CT molecular complexity index is 496. The average molecular weight is 263 g/mol. The maximum absolute atomic E-state index is 5.88. The molecule has 3 nitrogen and oxygen atoms in total. The van der Waals surface area contributed by atoms with Crippen LogP contribution in [0.4, 0.5) is 0 Å². The van der Waals surface area contributed by atoms with Crippen LogP contribution in [0, 0.1) is 0 Å². The second kappa shape index (κ2) is 5.87. The van der Waals surface area contributed by atoms with E-state index in [-0.39, 0.29) is 6.04 Å². The third-order valence-electron chi connectivity index (χ3n) is 2.82. The average Bonchev–Trinajstić information content (AvgIpc) is 2.42. The van der Waals surface area contributed by atoms with Crippen LogP contribution in [0.25, 0.3) is 0 Å². The van der Waals surface area contributed by atoms with Gasteiger partial charge < -0.3 is 4.74 Å². The molecule has 0 saturated carbocycles. The fraction of sp³-hybridized carbons (Fsp3) is 0.143. The summed E-state index contributed by atoms with van der Waals surface area (Å²) in [6.07, 6.45) is 0. The molecule has 0 amide bonds. The molecule has 2 aromatic rings. The van der Waals surface area contributed by atoms with E-state index in [9.17, 15) is 0 Å². The van der Waals surface area contributed by atoms with Crippen LogP contribution in [0.15, 0.2) is 48.5 Å². The molecule has 0 aliphatic heterocycles. The van der Waals surface area contributed by atoms with Gasteiger partial charge in [-0.05, 0) is 35.4 Å². The lowest BCUT2D eigenvalue weighted by atomic mass is 9.99. The van der Waals surface area contributed by atoms with Gasteiger partial charge in [0.2, 0.25) is 0 Å². The first-order chi connectivity index (χ1) is 8.74. The number of methoxy groups -OCH3 is 1. The largest absolute Gasteiger partial charge is 0.497 e. The van der Waals surface area contributed by atoms with Gasteiger partial charge in [0.15, 0.2) is 0 Å². The van der Waals surface area contributed by atoms with Crippen molar-refractivity contribution in [1.82, 2.24) is 5.43 Å². The summed E-state index contributed by atoms with van der Waals surface area (Å²) < 4.78 is 5.13. The Morgan fingerprint density at radius 3 is 1.94 bits per heavy atom. The molecule has 4 heteroatoms. The van der Waals surface area contributed by atoms with Crippen molar-refractivity contribution in [2.24, 2.45) is 5.84 Å². The van der Waals surface area contributed by atoms with Crippen LogP contribution >= 0.6 is 11.6 Å². The van der Waals surface area contributed by atoms with E-state index in [0.29, 0.717) is 5.02 Å². The Balaban J connectivity index is 2.29. The van der Waals surface area contributed by atoms with Crippen molar-refractivity contribution in [1.29, 1.82) is 0 Å². The summed E-state index contributed by atoms with van der Waals surface area (Å²) >= 11 is 5.88. The first-order valence-electron chi connectivity index (χ1n) is 5.60. The Morgan fingerprint density at radius 1 is 1.00 bits per heavy atom. The second-order valence-electron chi connectivity index (χ2n) is 3.92. The van der Waals surface area contributed by atoms with Crippen LogP contribution < -0.4 is 16.0 Å². The number of ether oxygens (including phenoxy) is 1. The lowest BCUT2D eigenvalue weighted by Gasteiger charge is -2.17. The highest BCUT2D eigenvalue weighted by molar-refractivity contribution is 6.30. The zero-order chi connectivity index (χ0) is 13.0. The van der Waals surface area contributed by atoms with E-state index in [2.05, 4.69) is 5.43 Å². The zero-order valence-corrected chi connectivity index (χ0v) is 10.8. The molecule has 1 atom stereocenters. The highest BCUT2D eigenvalue weighted by Crippen LogP contribution is 2.24.